The predicted molar refractivity (Wildman–Crippen MR) is 37.0 cm³/mol. The van der Waals surface area contributed by atoms with Crippen LogP contribution >= 0.6 is 0 Å². The van der Waals surface area contributed by atoms with Gasteiger partial charge in [0, 0.05) is 0 Å². The molecule has 0 rings (SSSR count). The summed E-state index contributed by atoms with van der Waals surface area (Å²) in [6.07, 6.45) is 0.486. The third kappa shape index (κ3) is 4.25. The number of hydrogen-bond acceptors (Lipinski definition) is 4. The van der Waals surface area contributed by atoms with Crippen molar-refractivity contribution in [3.8, 4) is 0 Å². The monoisotopic (exact) mass is 147 g/mol. The molecule has 10 heavy (non-hydrogen) atoms. The van der Waals surface area contributed by atoms with Gasteiger partial charge in [0.05, 0.1) is 6.54 Å². The molecule has 0 aliphatic carbocycles. The van der Waals surface area contributed by atoms with Crippen LogP contribution in [0.4, 0.5) is 0 Å². The number of rotatable bonds is 4. The molecule has 6 N–H and O–H groups in total. The molecular weight excluding hydrogens is 134 g/mol. The highest BCUT2D eigenvalue weighted by atomic mass is 16.4. The molecule has 0 aromatic heterocycles. The summed E-state index contributed by atoms with van der Waals surface area (Å²) in [5.41, 5.74) is 10.7. The summed E-state index contributed by atoms with van der Waals surface area (Å²) in [5.74, 6) is -2.02. The van der Waals surface area contributed by atoms with Gasteiger partial charge in [-0.15, -0.1) is 0 Å². The summed E-state index contributed by atoms with van der Waals surface area (Å²) in [4.78, 5) is 9.99. The fraction of sp³-hybridized carbons (Fsp3) is 0.800. The molecule has 5 nitrogen and oxygen atoms in total. The quantitative estimate of drug-likeness (QED) is 0.368. The summed E-state index contributed by atoms with van der Waals surface area (Å²) >= 11 is 0. The summed E-state index contributed by atoms with van der Waals surface area (Å²) in [6.45, 7) is 1.57. The van der Waals surface area contributed by atoms with Gasteiger partial charge in [-0.05, 0) is 6.42 Å². The maximum Gasteiger partial charge on any atom is 0.317 e. The first-order chi connectivity index (χ1) is 4.48. The number of nitrogens with two attached hydrogens (primary N) is 2. The second-order valence-corrected chi connectivity index (χ2v) is 2.14. The summed E-state index contributed by atoms with van der Waals surface area (Å²) in [6, 6.07) is 0. The maximum absolute atomic E-state index is 9.99. The van der Waals surface area contributed by atoms with Gasteiger partial charge >= 0.3 is 5.97 Å². The predicted octanol–water partition coefficient (Wildman–Crippen LogP) is -1.36. The number of carboxylic acids is 1. The Hall–Kier alpha value is -0.650. The van der Waals surface area contributed by atoms with Crippen LogP contribution in [-0.4, -0.2) is 23.4 Å². The molecule has 0 aromatic rings. The van der Waals surface area contributed by atoms with Gasteiger partial charge in [-0.2, -0.15) is 0 Å². The molecule has 0 atom stereocenters. The number of hydrogen-bond donors (Lipinski definition) is 4. The van der Waals surface area contributed by atoms with Gasteiger partial charge in [-0.25, -0.2) is 0 Å². The lowest BCUT2D eigenvalue weighted by molar-refractivity contribution is -0.136. The second-order valence-electron chi connectivity index (χ2n) is 2.14. The molecule has 0 heterocycles. The minimum Gasteiger partial charge on any atom is -0.480 e. The highest BCUT2D eigenvalue weighted by Crippen LogP contribution is 1.88. The van der Waals surface area contributed by atoms with Crippen LogP contribution in [0.5, 0.6) is 0 Å². The van der Waals surface area contributed by atoms with Crippen molar-refractivity contribution in [2.45, 2.75) is 19.1 Å². The number of carboxylic acid groups (broad SMARTS) is 1. The van der Waals surface area contributed by atoms with E-state index in [9.17, 15) is 4.79 Å². The van der Waals surface area contributed by atoms with E-state index in [1.54, 1.807) is 6.92 Å². The molecule has 0 unspecified atom stereocenters. The van der Waals surface area contributed by atoms with Crippen LogP contribution in [0.3, 0.4) is 0 Å². The standard InChI is InChI=1S/C5H13N3O2/c1-2-5(6,7)8-3-4(9)10/h8H,2-3,6-7H2,1H3,(H,9,10). The van der Waals surface area contributed by atoms with Crippen molar-refractivity contribution in [3.05, 3.63) is 0 Å². The smallest absolute Gasteiger partial charge is 0.317 e. The van der Waals surface area contributed by atoms with E-state index in [0.717, 1.165) is 0 Å². The molecule has 0 aliphatic rings. The number of carbonyl (C=O) groups is 1. The molecule has 0 amide bonds. The molecule has 0 bridgehead atoms. The molecular formula is C5H13N3O2. The molecule has 0 spiro atoms. The Labute approximate surface area is 59.4 Å². The zero-order valence-corrected chi connectivity index (χ0v) is 5.92. The van der Waals surface area contributed by atoms with E-state index in [4.69, 9.17) is 16.6 Å². The van der Waals surface area contributed by atoms with Crippen molar-refractivity contribution in [3.63, 3.8) is 0 Å². The molecule has 0 fully saturated rings. The zero-order valence-electron chi connectivity index (χ0n) is 5.92. The van der Waals surface area contributed by atoms with Gasteiger partial charge in [0.25, 0.3) is 0 Å². The van der Waals surface area contributed by atoms with Crippen LogP contribution in [0, 0.1) is 0 Å². The van der Waals surface area contributed by atoms with Gasteiger partial charge < -0.3 is 16.6 Å². The molecule has 60 valence electrons. The zero-order chi connectivity index (χ0) is 8.20. The minimum absolute atomic E-state index is 0.208. The van der Waals surface area contributed by atoms with Gasteiger partial charge in [0.1, 0.15) is 5.79 Å². The summed E-state index contributed by atoms with van der Waals surface area (Å²) in [5, 5.41) is 10.7. The van der Waals surface area contributed by atoms with E-state index in [-0.39, 0.29) is 6.54 Å². The average Bonchev–Trinajstić information content (AvgIpc) is 1.85. The largest absolute Gasteiger partial charge is 0.480 e. The normalized spacial score (nSPS) is 11.5. The van der Waals surface area contributed by atoms with Gasteiger partial charge in [-0.1, -0.05) is 6.92 Å². The van der Waals surface area contributed by atoms with Crippen LogP contribution in [0.1, 0.15) is 13.3 Å². The topological polar surface area (TPSA) is 101 Å². The third-order valence-electron chi connectivity index (χ3n) is 1.15. The van der Waals surface area contributed by atoms with Crippen LogP contribution in [0.25, 0.3) is 0 Å². The molecule has 0 radical (unpaired) electrons. The summed E-state index contributed by atoms with van der Waals surface area (Å²) < 4.78 is 0. The van der Waals surface area contributed by atoms with Crippen LogP contribution in [0.2, 0.25) is 0 Å². The highest BCUT2D eigenvalue weighted by molar-refractivity contribution is 5.69. The fourth-order valence-corrected chi connectivity index (χ4v) is 0.365. The minimum atomic E-state index is -1.06. The Kier molecular flexibility index (Phi) is 3.27. The Morgan fingerprint density at radius 3 is 2.50 bits per heavy atom. The molecule has 0 aliphatic heterocycles. The van der Waals surface area contributed by atoms with Crippen molar-refractivity contribution >= 4 is 5.97 Å². The lowest BCUT2D eigenvalue weighted by Gasteiger charge is -2.22. The van der Waals surface area contributed by atoms with E-state index in [0.29, 0.717) is 6.42 Å². The lowest BCUT2D eigenvalue weighted by Crippen LogP contribution is -2.61. The van der Waals surface area contributed by atoms with E-state index in [1.807, 2.05) is 0 Å². The van der Waals surface area contributed by atoms with Crippen molar-refractivity contribution in [1.82, 2.24) is 5.32 Å². The van der Waals surface area contributed by atoms with Crippen LogP contribution in [-0.2, 0) is 4.79 Å². The van der Waals surface area contributed by atoms with Crippen molar-refractivity contribution in [2.24, 2.45) is 11.5 Å². The van der Waals surface area contributed by atoms with Crippen molar-refractivity contribution in [1.29, 1.82) is 0 Å². The van der Waals surface area contributed by atoms with Crippen LogP contribution in [0.15, 0.2) is 0 Å². The number of aliphatic carboxylic acids is 1. The first-order valence-electron chi connectivity index (χ1n) is 3.02. The second kappa shape index (κ2) is 3.50. The van der Waals surface area contributed by atoms with E-state index >= 15 is 0 Å². The van der Waals surface area contributed by atoms with E-state index < -0.39 is 11.8 Å². The Balaban J connectivity index is 3.56. The molecule has 0 saturated heterocycles. The van der Waals surface area contributed by atoms with Gasteiger partial charge in [0.2, 0.25) is 0 Å². The SMILES string of the molecule is CCC(N)(N)NCC(=O)O. The lowest BCUT2D eigenvalue weighted by atomic mass is 10.3. The highest BCUT2D eigenvalue weighted by Gasteiger charge is 2.15. The van der Waals surface area contributed by atoms with Crippen molar-refractivity contribution < 1.29 is 9.90 Å². The Morgan fingerprint density at radius 1 is 1.70 bits per heavy atom. The third-order valence-corrected chi connectivity index (χ3v) is 1.15. The van der Waals surface area contributed by atoms with Gasteiger partial charge in [-0.3, -0.25) is 10.1 Å². The van der Waals surface area contributed by atoms with E-state index in [2.05, 4.69) is 5.32 Å². The Bertz CT molecular complexity index is 124. The Morgan fingerprint density at radius 2 is 2.20 bits per heavy atom. The average molecular weight is 147 g/mol. The van der Waals surface area contributed by atoms with Crippen molar-refractivity contribution in [2.75, 3.05) is 6.54 Å². The van der Waals surface area contributed by atoms with Gasteiger partial charge in [0.15, 0.2) is 0 Å². The molecule has 0 saturated carbocycles. The van der Waals surface area contributed by atoms with E-state index in [1.165, 1.54) is 0 Å². The fourth-order valence-electron chi connectivity index (χ4n) is 0.365. The molecule has 5 heteroatoms. The molecule has 0 aromatic carbocycles. The first kappa shape index (κ1) is 9.35. The maximum atomic E-state index is 9.99. The summed E-state index contributed by atoms with van der Waals surface area (Å²) in [7, 11) is 0. The number of nitrogens with one attached hydrogen (secondary N) is 1. The van der Waals surface area contributed by atoms with Crippen LogP contribution < -0.4 is 16.8 Å². The first-order valence-corrected chi connectivity index (χ1v) is 3.02.